The Kier molecular flexibility index (Phi) is 5.04. The fraction of sp³-hybridized carbons (Fsp3) is 0.278. The molecule has 2 heterocycles. The molecular formula is C18H19FN4O2. The molecule has 6 nitrogen and oxygen atoms in total. The maximum absolute atomic E-state index is 13.8. The number of halogens is 1. The van der Waals surface area contributed by atoms with Gasteiger partial charge in [-0.15, -0.1) is 0 Å². The van der Waals surface area contributed by atoms with E-state index in [1.807, 2.05) is 13.8 Å². The van der Waals surface area contributed by atoms with E-state index in [1.165, 1.54) is 6.07 Å². The van der Waals surface area contributed by atoms with Gasteiger partial charge in [-0.3, -0.25) is 0 Å². The predicted octanol–water partition coefficient (Wildman–Crippen LogP) is 3.37. The van der Waals surface area contributed by atoms with Crippen LogP contribution in [0.4, 0.5) is 10.2 Å². The lowest BCUT2D eigenvalue weighted by atomic mass is 10.1. The lowest BCUT2D eigenvalue weighted by Crippen LogP contribution is -2.29. The van der Waals surface area contributed by atoms with Crippen LogP contribution in [0, 0.1) is 11.7 Å². The minimum atomic E-state index is -0.406. The van der Waals surface area contributed by atoms with Gasteiger partial charge in [0.2, 0.25) is 5.82 Å². The van der Waals surface area contributed by atoms with Crippen molar-refractivity contribution in [2.24, 2.45) is 5.92 Å². The number of benzene rings is 1. The molecule has 1 unspecified atom stereocenters. The van der Waals surface area contributed by atoms with Gasteiger partial charge in [-0.2, -0.15) is 4.98 Å². The smallest absolute Gasteiger partial charge is 0.259 e. The number of pyridine rings is 1. The SMILES string of the molecule is CC(C)C(CO)Nc1ccc(-c2nc(-c3ccccc3F)no2)cn1. The quantitative estimate of drug-likeness (QED) is 0.714. The number of aliphatic hydroxyl groups excluding tert-OH is 1. The van der Waals surface area contributed by atoms with Crippen LogP contribution in [0.1, 0.15) is 13.8 Å². The zero-order valence-electron chi connectivity index (χ0n) is 14.0. The Morgan fingerprint density at radius 1 is 1.20 bits per heavy atom. The number of anilines is 1. The van der Waals surface area contributed by atoms with Crippen molar-refractivity contribution in [2.45, 2.75) is 19.9 Å². The number of nitrogens with zero attached hydrogens (tertiary/aromatic N) is 3. The molecule has 0 aliphatic carbocycles. The van der Waals surface area contributed by atoms with E-state index in [-0.39, 0.29) is 35.8 Å². The van der Waals surface area contributed by atoms with Crippen LogP contribution in [0.2, 0.25) is 0 Å². The minimum absolute atomic E-state index is 0.0246. The summed E-state index contributed by atoms with van der Waals surface area (Å²) in [6.45, 7) is 4.06. The molecule has 7 heteroatoms. The number of aromatic nitrogens is 3. The summed E-state index contributed by atoms with van der Waals surface area (Å²) >= 11 is 0. The topological polar surface area (TPSA) is 84.1 Å². The third-order valence-corrected chi connectivity index (χ3v) is 3.89. The third-order valence-electron chi connectivity index (χ3n) is 3.89. The second-order valence-corrected chi connectivity index (χ2v) is 6.01. The van der Waals surface area contributed by atoms with Gasteiger partial charge in [0.05, 0.1) is 23.8 Å². The van der Waals surface area contributed by atoms with E-state index in [0.29, 0.717) is 11.4 Å². The highest BCUT2D eigenvalue weighted by Crippen LogP contribution is 2.24. The van der Waals surface area contributed by atoms with Gasteiger partial charge in [0.1, 0.15) is 11.6 Å². The van der Waals surface area contributed by atoms with Crippen molar-refractivity contribution in [1.29, 1.82) is 0 Å². The van der Waals surface area contributed by atoms with E-state index in [0.717, 1.165) is 0 Å². The van der Waals surface area contributed by atoms with E-state index < -0.39 is 5.82 Å². The summed E-state index contributed by atoms with van der Waals surface area (Å²) in [5.74, 6) is 0.961. The predicted molar refractivity (Wildman–Crippen MR) is 92.3 cm³/mol. The molecule has 2 aromatic heterocycles. The van der Waals surface area contributed by atoms with Crippen LogP contribution in [0.5, 0.6) is 0 Å². The molecule has 0 spiro atoms. The molecule has 0 fully saturated rings. The number of nitrogens with one attached hydrogen (secondary N) is 1. The van der Waals surface area contributed by atoms with Crippen LogP contribution < -0.4 is 5.32 Å². The Morgan fingerprint density at radius 3 is 2.64 bits per heavy atom. The Balaban J connectivity index is 1.78. The van der Waals surface area contributed by atoms with Crippen LogP contribution in [-0.4, -0.2) is 32.9 Å². The van der Waals surface area contributed by atoms with Crippen molar-refractivity contribution in [1.82, 2.24) is 15.1 Å². The molecule has 0 aliphatic rings. The van der Waals surface area contributed by atoms with E-state index in [4.69, 9.17) is 4.52 Å². The van der Waals surface area contributed by atoms with E-state index in [1.54, 1.807) is 36.5 Å². The van der Waals surface area contributed by atoms with Crippen LogP contribution in [-0.2, 0) is 0 Å². The van der Waals surface area contributed by atoms with Crippen LogP contribution >= 0.6 is 0 Å². The molecule has 0 saturated heterocycles. The van der Waals surface area contributed by atoms with Crippen LogP contribution in [0.15, 0.2) is 47.1 Å². The Bertz CT molecular complexity index is 833. The van der Waals surface area contributed by atoms with Crippen molar-refractivity contribution in [2.75, 3.05) is 11.9 Å². The zero-order valence-corrected chi connectivity index (χ0v) is 14.0. The summed E-state index contributed by atoms with van der Waals surface area (Å²) in [5, 5.41) is 16.4. The van der Waals surface area contributed by atoms with Crippen LogP contribution in [0.25, 0.3) is 22.8 Å². The summed E-state index contributed by atoms with van der Waals surface area (Å²) in [6.07, 6.45) is 1.59. The molecule has 25 heavy (non-hydrogen) atoms. The lowest BCUT2D eigenvalue weighted by molar-refractivity contribution is 0.249. The van der Waals surface area contributed by atoms with Crippen molar-refractivity contribution in [3.05, 3.63) is 48.4 Å². The highest BCUT2D eigenvalue weighted by atomic mass is 19.1. The highest BCUT2D eigenvalue weighted by Gasteiger charge is 2.15. The summed E-state index contributed by atoms with van der Waals surface area (Å²) in [5.41, 5.74) is 0.914. The number of hydrogen-bond donors (Lipinski definition) is 2. The fourth-order valence-electron chi connectivity index (χ4n) is 2.31. The number of aliphatic hydroxyl groups is 1. The zero-order chi connectivity index (χ0) is 17.8. The summed E-state index contributed by atoms with van der Waals surface area (Å²) in [6, 6.07) is 9.73. The second kappa shape index (κ2) is 7.40. The normalized spacial score (nSPS) is 12.4. The molecule has 0 bridgehead atoms. The first-order valence-corrected chi connectivity index (χ1v) is 8.01. The first kappa shape index (κ1) is 17.0. The Labute approximate surface area is 144 Å². The second-order valence-electron chi connectivity index (χ2n) is 6.01. The fourth-order valence-corrected chi connectivity index (χ4v) is 2.31. The number of hydrogen-bond acceptors (Lipinski definition) is 6. The largest absolute Gasteiger partial charge is 0.394 e. The molecule has 3 aromatic rings. The van der Waals surface area contributed by atoms with Crippen molar-refractivity contribution >= 4 is 5.82 Å². The molecule has 1 atom stereocenters. The average Bonchev–Trinajstić information content (AvgIpc) is 3.10. The van der Waals surface area contributed by atoms with E-state index >= 15 is 0 Å². The van der Waals surface area contributed by atoms with Gasteiger partial charge < -0.3 is 14.9 Å². The maximum Gasteiger partial charge on any atom is 0.259 e. The molecule has 2 N–H and O–H groups in total. The third kappa shape index (κ3) is 3.83. The summed E-state index contributed by atoms with van der Waals surface area (Å²) in [4.78, 5) is 8.53. The average molecular weight is 342 g/mol. The van der Waals surface area contributed by atoms with Gasteiger partial charge in [0.25, 0.3) is 5.89 Å². The van der Waals surface area contributed by atoms with Crippen molar-refractivity contribution in [3.63, 3.8) is 0 Å². The number of rotatable bonds is 6. The highest BCUT2D eigenvalue weighted by molar-refractivity contribution is 5.60. The molecular weight excluding hydrogens is 323 g/mol. The van der Waals surface area contributed by atoms with Gasteiger partial charge in [0, 0.05) is 6.20 Å². The lowest BCUT2D eigenvalue weighted by Gasteiger charge is -2.20. The van der Waals surface area contributed by atoms with Crippen molar-refractivity contribution < 1.29 is 14.0 Å². The van der Waals surface area contributed by atoms with E-state index in [2.05, 4.69) is 20.4 Å². The first-order chi connectivity index (χ1) is 12.1. The summed E-state index contributed by atoms with van der Waals surface area (Å²) in [7, 11) is 0. The van der Waals surface area contributed by atoms with E-state index in [9.17, 15) is 9.50 Å². The van der Waals surface area contributed by atoms with Gasteiger partial charge in [-0.05, 0) is 30.2 Å². The minimum Gasteiger partial charge on any atom is -0.394 e. The van der Waals surface area contributed by atoms with Crippen LogP contribution in [0.3, 0.4) is 0 Å². The Hall–Kier alpha value is -2.80. The van der Waals surface area contributed by atoms with Gasteiger partial charge in [-0.25, -0.2) is 9.37 Å². The van der Waals surface area contributed by atoms with Gasteiger partial charge in [0.15, 0.2) is 0 Å². The maximum atomic E-state index is 13.8. The standard InChI is InChI=1S/C18H19FN4O2/c1-11(2)15(10-24)21-16-8-7-12(9-20-16)18-22-17(23-25-18)13-5-3-4-6-14(13)19/h3-9,11,15,24H,10H2,1-2H3,(H,20,21). The van der Waals surface area contributed by atoms with Crippen molar-refractivity contribution in [3.8, 4) is 22.8 Å². The molecule has 130 valence electrons. The molecule has 0 saturated carbocycles. The summed E-state index contributed by atoms with van der Waals surface area (Å²) < 4.78 is 19.0. The Morgan fingerprint density at radius 2 is 2.00 bits per heavy atom. The molecule has 3 rings (SSSR count). The van der Waals surface area contributed by atoms with Gasteiger partial charge in [-0.1, -0.05) is 31.1 Å². The molecule has 1 aromatic carbocycles. The molecule has 0 aliphatic heterocycles. The molecule has 0 amide bonds. The molecule has 0 radical (unpaired) electrons. The van der Waals surface area contributed by atoms with Gasteiger partial charge >= 0.3 is 0 Å². The monoisotopic (exact) mass is 342 g/mol. The first-order valence-electron chi connectivity index (χ1n) is 8.01.